The fourth-order valence-corrected chi connectivity index (χ4v) is 3.04. The minimum atomic E-state index is -0.577. The normalized spacial score (nSPS) is 18.0. The molecule has 1 saturated heterocycles. The van der Waals surface area contributed by atoms with Crippen molar-refractivity contribution in [3.63, 3.8) is 0 Å². The maximum absolute atomic E-state index is 12.3. The van der Waals surface area contributed by atoms with E-state index in [4.69, 9.17) is 5.73 Å². The molecule has 0 radical (unpaired) electrons. The van der Waals surface area contributed by atoms with Crippen LogP contribution in [0.4, 0.5) is 4.79 Å². The number of primary amides is 1. The van der Waals surface area contributed by atoms with Crippen molar-refractivity contribution in [2.75, 3.05) is 13.1 Å². The topological polar surface area (TPSA) is 75.4 Å². The number of amides is 3. The van der Waals surface area contributed by atoms with E-state index in [0.717, 1.165) is 32.2 Å². The molecule has 3 amide bonds. The van der Waals surface area contributed by atoms with Crippen molar-refractivity contribution in [3.05, 3.63) is 35.9 Å². The number of urea groups is 1. The second-order valence-electron chi connectivity index (χ2n) is 5.80. The zero-order chi connectivity index (χ0) is 15.8. The lowest BCUT2D eigenvalue weighted by Crippen LogP contribution is -2.45. The number of nitrogens with one attached hydrogen (secondary N) is 1. The number of carbonyl (C=O) groups is 2. The Labute approximate surface area is 131 Å². The number of carbonyl (C=O) groups excluding carboxylic acids is 2. The Bertz CT molecular complexity index is 490. The van der Waals surface area contributed by atoms with Gasteiger partial charge in [0.25, 0.3) is 0 Å². The molecule has 1 aromatic rings. The maximum Gasteiger partial charge on any atom is 0.312 e. The molecule has 0 saturated carbocycles. The van der Waals surface area contributed by atoms with Crippen LogP contribution in [0.1, 0.15) is 37.7 Å². The number of benzene rings is 1. The number of nitrogens with two attached hydrogens (primary N) is 1. The highest BCUT2D eigenvalue weighted by Crippen LogP contribution is 2.22. The molecule has 5 nitrogen and oxygen atoms in total. The van der Waals surface area contributed by atoms with Crippen LogP contribution in [0.25, 0.3) is 0 Å². The minimum absolute atomic E-state index is 0.117. The number of rotatable bonds is 6. The maximum atomic E-state index is 12.3. The fraction of sp³-hybridized carbons (Fsp3) is 0.529. The summed E-state index contributed by atoms with van der Waals surface area (Å²) >= 11 is 0. The molecule has 3 N–H and O–H groups in total. The summed E-state index contributed by atoms with van der Waals surface area (Å²) in [6.07, 6.45) is 5.64. The predicted octanol–water partition coefficient (Wildman–Crippen LogP) is 2.06. The van der Waals surface area contributed by atoms with E-state index < -0.39 is 6.03 Å². The Balaban J connectivity index is 1.84. The number of nitrogens with zero attached hydrogens (tertiary/aromatic N) is 1. The number of hydrogen-bond donors (Lipinski definition) is 2. The highest BCUT2D eigenvalue weighted by Gasteiger charge is 2.25. The van der Waals surface area contributed by atoms with E-state index >= 15 is 0 Å². The molecule has 2 rings (SSSR count). The van der Waals surface area contributed by atoms with Gasteiger partial charge in [-0.25, -0.2) is 4.79 Å². The molecule has 1 atom stereocenters. The third-order valence-corrected chi connectivity index (χ3v) is 4.19. The van der Waals surface area contributed by atoms with Gasteiger partial charge >= 0.3 is 6.03 Å². The molecule has 22 heavy (non-hydrogen) atoms. The lowest BCUT2D eigenvalue weighted by molar-refractivity contribution is -0.134. The van der Waals surface area contributed by atoms with Gasteiger partial charge in [0.1, 0.15) is 0 Å². The Hall–Kier alpha value is -2.04. The van der Waals surface area contributed by atoms with Crippen molar-refractivity contribution in [3.8, 4) is 0 Å². The van der Waals surface area contributed by atoms with Crippen LogP contribution in [-0.4, -0.2) is 36.0 Å². The SMILES string of the molecule is NC(=O)NCCC(=O)N1CCCC[C@@H]1CCc1ccccc1. The van der Waals surface area contributed by atoms with Crippen LogP contribution >= 0.6 is 0 Å². The van der Waals surface area contributed by atoms with Crippen LogP contribution in [0, 0.1) is 0 Å². The summed E-state index contributed by atoms with van der Waals surface area (Å²) in [7, 11) is 0. The first-order chi connectivity index (χ1) is 10.7. The molecule has 1 heterocycles. The smallest absolute Gasteiger partial charge is 0.312 e. The van der Waals surface area contributed by atoms with Gasteiger partial charge in [-0.15, -0.1) is 0 Å². The zero-order valence-corrected chi connectivity index (χ0v) is 13.0. The molecular weight excluding hydrogens is 278 g/mol. The highest BCUT2D eigenvalue weighted by atomic mass is 16.2. The van der Waals surface area contributed by atoms with Crippen LogP contribution in [0.3, 0.4) is 0 Å². The van der Waals surface area contributed by atoms with Crippen molar-refractivity contribution in [2.24, 2.45) is 5.73 Å². The number of aryl methyl sites for hydroxylation is 1. The molecule has 0 aromatic heterocycles. The van der Waals surface area contributed by atoms with Crippen molar-refractivity contribution in [2.45, 2.75) is 44.6 Å². The lowest BCUT2D eigenvalue weighted by Gasteiger charge is -2.36. The molecule has 1 fully saturated rings. The van der Waals surface area contributed by atoms with Crippen molar-refractivity contribution in [1.82, 2.24) is 10.2 Å². The summed E-state index contributed by atoms with van der Waals surface area (Å²) in [5.74, 6) is 0.117. The Morgan fingerprint density at radius 1 is 1.23 bits per heavy atom. The van der Waals surface area contributed by atoms with Gasteiger partial charge < -0.3 is 16.0 Å². The highest BCUT2D eigenvalue weighted by molar-refractivity contribution is 5.78. The molecule has 120 valence electrons. The van der Waals surface area contributed by atoms with Gasteiger partial charge in [0, 0.05) is 25.6 Å². The van der Waals surface area contributed by atoms with Crippen LogP contribution in [0.15, 0.2) is 30.3 Å². The van der Waals surface area contributed by atoms with Crippen LogP contribution < -0.4 is 11.1 Å². The number of hydrogen-bond acceptors (Lipinski definition) is 2. The Kier molecular flexibility index (Phi) is 6.25. The standard InChI is InChI=1S/C17H25N3O2/c18-17(22)19-12-11-16(21)20-13-5-4-8-15(20)10-9-14-6-2-1-3-7-14/h1-3,6-7,15H,4-5,8-13H2,(H3,18,19,22)/t15-/m1/s1. The molecule has 0 spiro atoms. The van der Waals surface area contributed by atoms with Gasteiger partial charge in [-0.1, -0.05) is 30.3 Å². The van der Waals surface area contributed by atoms with E-state index in [-0.39, 0.29) is 5.91 Å². The van der Waals surface area contributed by atoms with Gasteiger partial charge in [-0.3, -0.25) is 4.79 Å². The predicted molar refractivity (Wildman–Crippen MR) is 86.3 cm³/mol. The molecule has 1 aliphatic rings. The van der Waals surface area contributed by atoms with E-state index in [0.29, 0.717) is 19.0 Å². The average molecular weight is 303 g/mol. The molecule has 1 aromatic carbocycles. The fourth-order valence-electron chi connectivity index (χ4n) is 3.04. The summed E-state index contributed by atoms with van der Waals surface area (Å²) < 4.78 is 0. The second kappa shape index (κ2) is 8.41. The van der Waals surface area contributed by atoms with E-state index in [1.165, 1.54) is 12.0 Å². The number of likely N-dealkylation sites (tertiary alicyclic amines) is 1. The van der Waals surface area contributed by atoms with E-state index in [9.17, 15) is 9.59 Å². The number of piperidine rings is 1. The first-order valence-corrected chi connectivity index (χ1v) is 8.03. The van der Waals surface area contributed by atoms with Crippen molar-refractivity contribution >= 4 is 11.9 Å². The van der Waals surface area contributed by atoms with E-state index in [2.05, 4.69) is 29.6 Å². The lowest BCUT2D eigenvalue weighted by atomic mass is 9.95. The Morgan fingerprint density at radius 3 is 2.73 bits per heavy atom. The quantitative estimate of drug-likeness (QED) is 0.844. The minimum Gasteiger partial charge on any atom is -0.352 e. The molecule has 0 bridgehead atoms. The third kappa shape index (κ3) is 5.06. The van der Waals surface area contributed by atoms with Crippen LogP contribution in [0.2, 0.25) is 0 Å². The van der Waals surface area contributed by atoms with E-state index in [1.54, 1.807) is 0 Å². The van der Waals surface area contributed by atoms with Gasteiger partial charge in [-0.05, 0) is 37.7 Å². The van der Waals surface area contributed by atoms with Gasteiger partial charge in [0.15, 0.2) is 0 Å². The second-order valence-corrected chi connectivity index (χ2v) is 5.80. The van der Waals surface area contributed by atoms with Gasteiger partial charge in [0.05, 0.1) is 0 Å². The molecule has 1 aliphatic heterocycles. The van der Waals surface area contributed by atoms with Gasteiger partial charge in [0.2, 0.25) is 5.91 Å². The average Bonchev–Trinajstić information content (AvgIpc) is 2.54. The molecular formula is C17H25N3O2. The largest absolute Gasteiger partial charge is 0.352 e. The van der Waals surface area contributed by atoms with E-state index in [1.807, 2.05) is 11.0 Å². The summed E-state index contributed by atoms with van der Waals surface area (Å²) in [5.41, 5.74) is 6.34. The van der Waals surface area contributed by atoms with Crippen LogP contribution in [0.5, 0.6) is 0 Å². The summed E-state index contributed by atoms with van der Waals surface area (Å²) in [5, 5.41) is 2.48. The van der Waals surface area contributed by atoms with Crippen molar-refractivity contribution in [1.29, 1.82) is 0 Å². The van der Waals surface area contributed by atoms with Gasteiger partial charge in [-0.2, -0.15) is 0 Å². The molecule has 0 aliphatic carbocycles. The summed E-state index contributed by atoms with van der Waals surface area (Å²) in [6, 6.07) is 10.1. The summed E-state index contributed by atoms with van der Waals surface area (Å²) in [4.78, 5) is 25.0. The molecule has 5 heteroatoms. The monoisotopic (exact) mass is 303 g/mol. The third-order valence-electron chi connectivity index (χ3n) is 4.19. The van der Waals surface area contributed by atoms with Crippen LogP contribution in [-0.2, 0) is 11.2 Å². The Morgan fingerprint density at radius 2 is 2.00 bits per heavy atom. The van der Waals surface area contributed by atoms with Crippen molar-refractivity contribution < 1.29 is 9.59 Å². The molecule has 0 unspecified atom stereocenters. The first-order valence-electron chi connectivity index (χ1n) is 8.03. The zero-order valence-electron chi connectivity index (χ0n) is 13.0. The summed E-state index contributed by atoms with van der Waals surface area (Å²) in [6.45, 7) is 1.14. The first kappa shape index (κ1) is 16.3.